The maximum absolute atomic E-state index is 6.19. The van der Waals surface area contributed by atoms with Crippen molar-refractivity contribution >= 4 is 0 Å². The Morgan fingerprint density at radius 1 is 0.800 bits per heavy atom. The summed E-state index contributed by atoms with van der Waals surface area (Å²) in [5, 5.41) is 0. The van der Waals surface area contributed by atoms with Crippen LogP contribution in [0.5, 0.6) is 34.5 Å². The number of hydrogen-bond donors (Lipinski definition) is 0. The molecule has 0 unspecified atom stereocenters. The molecule has 0 aliphatic carbocycles. The smallest absolute Gasteiger partial charge is 0.204 e. The van der Waals surface area contributed by atoms with E-state index in [2.05, 4.69) is 0 Å². The van der Waals surface area contributed by atoms with Crippen molar-refractivity contribution in [2.75, 3.05) is 28.4 Å². The van der Waals surface area contributed by atoms with E-state index in [1.807, 2.05) is 37.3 Å². The van der Waals surface area contributed by atoms with Gasteiger partial charge in [0.15, 0.2) is 29.1 Å². The third-order valence-corrected chi connectivity index (χ3v) is 4.16. The molecule has 0 fully saturated rings. The van der Waals surface area contributed by atoms with E-state index in [9.17, 15) is 0 Å². The highest BCUT2D eigenvalue weighted by atomic mass is 16.6. The Hall–Kier alpha value is -2.76. The van der Waals surface area contributed by atoms with E-state index in [1.165, 1.54) is 0 Å². The predicted molar refractivity (Wildman–Crippen MR) is 92.6 cm³/mol. The summed E-state index contributed by atoms with van der Waals surface area (Å²) < 4.78 is 33.8. The summed E-state index contributed by atoms with van der Waals surface area (Å²) in [6.45, 7) is 1.95. The Bertz CT molecular complexity index is 733. The van der Waals surface area contributed by atoms with E-state index in [4.69, 9.17) is 28.4 Å². The van der Waals surface area contributed by atoms with E-state index in [0.29, 0.717) is 34.5 Å². The minimum Gasteiger partial charge on any atom is -0.493 e. The second kappa shape index (κ2) is 7.01. The Labute approximate surface area is 147 Å². The van der Waals surface area contributed by atoms with Crippen LogP contribution in [0.4, 0.5) is 0 Å². The second-order valence-electron chi connectivity index (χ2n) is 5.61. The minimum absolute atomic E-state index is 0.230. The fourth-order valence-electron chi connectivity index (χ4n) is 2.95. The van der Waals surface area contributed by atoms with E-state index < -0.39 is 0 Å². The molecule has 2 aromatic rings. The summed E-state index contributed by atoms with van der Waals surface area (Å²) in [5.74, 6) is 3.58. The fraction of sp³-hybridized carbons (Fsp3) is 0.368. The van der Waals surface area contributed by atoms with Gasteiger partial charge in [0.1, 0.15) is 6.10 Å². The van der Waals surface area contributed by atoms with Gasteiger partial charge in [-0.3, -0.25) is 0 Å². The highest BCUT2D eigenvalue weighted by Crippen LogP contribution is 2.47. The molecule has 2 aromatic carbocycles. The third kappa shape index (κ3) is 2.99. The molecular weight excluding hydrogens is 324 g/mol. The zero-order chi connectivity index (χ0) is 18.0. The first-order valence-corrected chi connectivity index (χ1v) is 7.93. The molecule has 1 aliphatic heterocycles. The molecule has 0 aromatic heterocycles. The molecule has 0 spiro atoms. The molecular formula is C19H22O6. The van der Waals surface area contributed by atoms with Gasteiger partial charge < -0.3 is 28.4 Å². The first-order chi connectivity index (χ1) is 12.1. The summed E-state index contributed by atoms with van der Waals surface area (Å²) >= 11 is 0. The van der Waals surface area contributed by atoms with E-state index >= 15 is 0 Å². The highest BCUT2D eigenvalue weighted by Gasteiger charge is 2.33. The lowest BCUT2D eigenvalue weighted by Gasteiger charge is -2.33. The maximum atomic E-state index is 6.19. The van der Waals surface area contributed by atoms with Crippen molar-refractivity contribution in [3.8, 4) is 34.5 Å². The molecule has 1 heterocycles. The van der Waals surface area contributed by atoms with Crippen LogP contribution in [-0.2, 0) is 0 Å². The van der Waals surface area contributed by atoms with Crippen LogP contribution >= 0.6 is 0 Å². The average molecular weight is 346 g/mol. The fourth-order valence-corrected chi connectivity index (χ4v) is 2.95. The van der Waals surface area contributed by atoms with Crippen LogP contribution in [0.15, 0.2) is 30.3 Å². The van der Waals surface area contributed by atoms with Gasteiger partial charge in [-0.05, 0) is 31.2 Å². The molecule has 3 rings (SSSR count). The molecule has 6 heteroatoms. The van der Waals surface area contributed by atoms with E-state index in [1.54, 1.807) is 28.4 Å². The molecule has 2 atom stereocenters. The van der Waals surface area contributed by atoms with Gasteiger partial charge in [-0.1, -0.05) is 6.07 Å². The largest absolute Gasteiger partial charge is 0.493 e. The monoisotopic (exact) mass is 346 g/mol. The number of fused-ring (bicyclic) bond motifs is 1. The lowest BCUT2D eigenvalue weighted by atomic mass is 10.0. The van der Waals surface area contributed by atoms with Crippen LogP contribution in [0.1, 0.15) is 18.6 Å². The Kier molecular flexibility index (Phi) is 4.79. The van der Waals surface area contributed by atoms with Crippen molar-refractivity contribution in [3.63, 3.8) is 0 Å². The SMILES string of the molecule is COc1cc([C@@H]2Oc3cccc(OC)c3O[C@@H]2C)cc(OC)c1OC. The summed E-state index contributed by atoms with van der Waals surface area (Å²) in [7, 11) is 6.35. The van der Waals surface area contributed by atoms with Gasteiger partial charge in [0.05, 0.1) is 28.4 Å². The minimum atomic E-state index is -0.326. The van der Waals surface area contributed by atoms with Gasteiger partial charge in [-0.2, -0.15) is 0 Å². The molecule has 0 amide bonds. The molecule has 0 N–H and O–H groups in total. The second-order valence-corrected chi connectivity index (χ2v) is 5.61. The van der Waals surface area contributed by atoms with Crippen molar-refractivity contribution in [1.29, 1.82) is 0 Å². The lowest BCUT2D eigenvalue weighted by molar-refractivity contribution is 0.0279. The first-order valence-electron chi connectivity index (χ1n) is 7.93. The Morgan fingerprint density at radius 2 is 1.44 bits per heavy atom. The van der Waals surface area contributed by atoms with Crippen molar-refractivity contribution in [2.45, 2.75) is 19.1 Å². The van der Waals surface area contributed by atoms with Crippen LogP contribution in [-0.4, -0.2) is 34.5 Å². The molecule has 0 radical (unpaired) electrons. The number of rotatable bonds is 5. The zero-order valence-electron chi connectivity index (χ0n) is 15.0. The first kappa shape index (κ1) is 17.1. The van der Waals surface area contributed by atoms with Gasteiger partial charge in [0, 0.05) is 5.56 Å². The molecule has 1 aliphatic rings. The number of benzene rings is 2. The Balaban J connectivity index is 2.02. The molecule has 6 nitrogen and oxygen atoms in total. The van der Waals surface area contributed by atoms with Crippen LogP contribution in [0.25, 0.3) is 0 Å². The maximum Gasteiger partial charge on any atom is 0.204 e. The normalized spacial score (nSPS) is 18.4. The van der Waals surface area contributed by atoms with Crippen molar-refractivity contribution in [1.82, 2.24) is 0 Å². The topological polar surface area (TPSA) is 55.4 Å². The van der Waals surface area contributed by atoms with E-state index in [-0.39, 0.29) is 12.2 Å². The summed E-state index contributed by atoms with van der Waals surface area (Å²) in [6, 6.07) is 9.31. The molecule has 134 valence electrons. The van der Waals surface area contributed by atoms with Gasteiger partial charge in [-0.25, -0.2) is 0 Å². The van der Waals surface area contributed by atoms with Crippen LogP contribution in [0, 0.1) is 0 Å². The highest BCUT2D eigenvalue weighted by molar-refractivity contribution is 5.56. The molecule has 0 saturated carbocycles. The number of hydrogen-bond acceptors (Lipinski definition) is 6. The molecule has 0 saturated heterocycles. The third-order valence-electron chi connectivity index (χ3n) is 4.16. The average Bonchev–Trinajstić information content (AvgIpc) is 2.65. The number of ether oxygens (including phenoxy) is 6. The van der Waals surface area contributed by atoms with Gasteiger partial charge >= 0.3 is 0 Å². The number of methoxy groups -OCH3 is 4. The summed E-state index contributed by atoms with van der Waals surface area (Å²) in [5.41, 5.74) is 0.871. The summed E-state index contributed by atoms with van der Waals surface area (Å²) in [4.78, 5) is 0. The van der Waals surface area contributed by atoms with Crippen LogP contribution < -0.4 is 28.4 Å². The number of para-hydroxylation sites is 1. The standard InChI is InChI=1S/C19H22O6/c1-11-17(25-14-8-6-7-13(20-2)19(14)24-11)12-9-15(21-3)18(23-5)16(10-12)22-4/h6-11,17H,1-5H3/t11-,17-/m1/s1. The van der Waals surface area contributed by atoms with E-state index in [0.717, 1.165) is 5.56 Å². The van der Waals surface area contributed by atoms with Crippen LogP contribution in [0.3, 0.4) is 0 Å². The molecule has 0 bridgehead atoms. The Morgan fingerprint density at radius 3 is 2.00 bits per heavy atom. The quantitative estimate of drug-likeness (QED) is 0.824. The van der Waals surface area contributed by atoms with Crippen molar-refractivity contribution in [3.05, 3.63) is 35.9 Å². The van der Waals surface area contributed by atoms with Crippen molar-refractivity contribution < 1.29 is 28.4 Å². The zero-order valence-corrected chi connectivity index (χ0v) is 15.0. The molecule has 25 heavy (non-hydrogen) atoms. The lowest BCUT2D eigenvalue weighted by Crippen LogP contribution is -2.30. The van der Waals surface area contributed by atoms with Crippen LogP contribution in [0.2, 0.25) is 0 Å². The van der Waals surface area contributed by atoms with Gasteiger partial charge in [0.2, 0.25) is 11.5 Å². The predicted octanol–water partition coefficient (Wildman–Crippen LogP) is 3.62. The van der Waals surface area contributed by atoms with Gasteiger partial charge in [0.25, 0.3) is 0 Å². The van der Waals surface area contributed by atoms with Crippen molar-refractivity contribution in [2.24, 2.45) is 0 Å². The van der Waals surface area contributed by atoms with Gasteiger partial charge in [-0.15, -0.1) is 0 Å². The summed E-state index contributed by atoms with van der Waals surface area (Å²) in [6.07, 6.45) is -0.556.